The first kappa shape index (κ1) is 12.1. The van der Waals surface area contributed by atoms with Crippen LogP contribution >= 0.6 is 0 Å². The highest BCUT2D eigenvalue weighted by Crippen LogP contribution is 2.30. The molecule has 0 aliphatic carbocycles. The predicted molar refractivity (Wildman–Crippen MR) is 64.2 cm³/mol. The van der Waals surface area contributed by atoms with Crippen molar-refractivity contribution in [2.24, 2.45) is 0 Å². The Labute approximate surface area is 106 Å². The van der Waals surface area contributed by atoms with Crippen LogP contribution in [0.3, 0.4) is 0 Å². The van der Waals surface area contributed by atoms with Crippen LogP contribution in [0.15, 0.2) is 11.1 Å². The summed E-state index contributed by atoms with van der Waals surface area (Å²) in [5, 5.41) is 18.8. The van der Waals surface area contributed by atoms with Gasteiger partial charge in [0.15, 0.2) is 11.2 Å². The lowest BCUT2D eigenvalue weighted by atomic mass is 10.2. The average Bonchev–Trinajstić information content (AvgIpc) is 2.92. The molecule has 9 heteroatoms. The molecule has 1 aliphatic heterocycles. The number of aliphatic hydroxyl groups excluding tert-OH is 2. The molecule has 3 rings (SSSR count). The molecule has 2 aromatic heterocycles. The number of aliphatic hydroxyl groups is 2. The fourth-order valence-electron chi connectivity index (χ4n) is 2.20. The van der Waals surface area contributed by atoms with Gasteiger partial charge in [-0.2, -0.15) is 4.98 Å². The topological polar surface area (TPSA) is 139 Å². The quantitative estimate of drug-likeness (QED) is 0.510. The van der Waals surface area contributed by atoms with E-state index in [-0.39, 0.29) is 30.1 Å². The minimum atomic E-state index is -0.771. The first-order valence-corrected chi connectivity index (χ1v) is 5.77. The number of anilines is 1. The molecule has 9 nitrogen and oxygen atoms in total. The zero-order chi connectivity index (χ0) is 13.6. The number of ether oxygens (including phenoxy) is 1. The van der Waals surface area contributed by atoms with Crippen molar-refractivity contribution in [3.05, 3.63) is 16.7 Å². The second kappa shape index (κ2) is 4.30. The Hall–Kier alpha value is -1.97. The lowest BCUT2D eigenvalue weighted by Gasteiger charge is -2.13. The minimum Gasteiger partial charge on any atom is -0.394 e. The normalized spacial score (nSPS) is 27.2. The van der Waals surface area contributed by atoms with E-state index in [0.717, 1.165) is 0 Å². The van der Waals surface area contributed by atoms with E-state index in [4.69, 9.17) is 15.6 Å². The standard InChI is InChI=1S/C10H13N5O4/c11-10-13-8-7(9(18)14-10)12-3-15(8)6-1-4(17)5(2-16)19-6/h3-6,16-17H,1-2H2,(H3,11,13,14,18)/t4?,5?,6-/m1/s1. The first-order chi connectivity index (χ1) is 9.10. The number of nitrogens with one attached hydrogen (secondary N) is 1. The predicted octanol–water partition coefficient (Wildman–Crippen LogP) is -1.66. The average molecular weight is 267 g/mol. The number of nitrogens with two attached hydrogens (primary N) is 1. The number of hydrogen-bond acceptors (Lipinski definition) is 7. The van der Waals surface area contributed by atoms with Gasteiger partial charge in [0.1, 0.15) is 12.3 Å². The number of nitrogens with zero attached hydrogens (tertiary/aromatic N) is 3. The number of hydrogen-bond donors (Lipinski definition) is 4. The summed E-state index contributed by atoms with van der Waals surface area (Å²) >= 11 is 0. The number of imidazole rings is 1. The molecule has 3 heterocycles. The van der Waals surface area contributed by atoms with E-state index >= 15 is 0 Å². The number of aromatic amines is 1. The highest BCUT2D eigenvalue weighted by Gasteiger charge is 2.35. The minimum absolute atomic E-state index is 0.0171. The van der Waals surface area contributed by atoms with E-state index in [1.54, 1.807) is 0 Å². The van der Waals surface area contributed by atoms with Crippen LogP contribution in [-0.2, 0) is 4.74 Å². The van der Waals surface area contributed by atoms with E-state index in [2.05, 4.69) is 15.0 Å². The van der Waals surface area contributed by atoms with Gasteiger partial charge in [0.05, 0.1) is 19.0 Å². The Morgan fingerprint density at radius 1 is 1.63 bits per heavy atom. The lowest BCUT2D eigenvalue weighted by molar-refractivity contribution is -0.0432. The van der Waals surface area contributed by atoms with E-state index < -0.39 is 24.0 Å². The van der Waals surface area contributed by atoms with E-state index in [1.165, 1.54) is 10.9 Å². The molecule has 0 amide bonds. The Morgan fingerprint density at radius 2 is 2.42 bits per heavy atom. The molecule has 2 aromatic rings. The Balaban J connectivity index is 2.05. The molecule has 2 unspecified atom stereocenters. The van der Waals surface area contributed by atoms with Crippen molar-refractivity contribution < 1.29 is 14.9 Å². The largest absolute Gasteiger partial charge is 0.394 e. The molecule has 0 spiro atoms. The van der Waals surface area contributed by atoms with Crippen LogP contribution in [0, 0.1) is 0 Å². The van der Waals surface area contributed by atoms with Gasteiger partial charge in [0.25, 0.3) is 5.56 Å². The summed E-state index contributed by atoms with van der Waals surface area (Å²) in [6.45, 7) is -0.277. The van der Waals surface area contributed by atoms with Crippen LogP contribution in [0.5, 0.6) is 0 Å². The van der Waals surface area contributed by atoms with Gasteiger partial charge in [0.2, 0.25) is 5.95 Å². The molecule has 0 radical (unpaired) electrons. The van der Waals surface area contributed by atoms with Gasteiger partial charge in [-0.25, -0.2) is 4.98 Å². The summed E-state index contributed by atoms with van der Waals surface area (Å²) in [5.41, 5.74) is 5.50. The van der Waals surface area contributed by atoms with Crippen LogP contribution in [0.25, 0.3) is 11.2 Å². The van der Waals surface area contributed by atoms with E-state index in [9.17, 15) is 9.90 Å². The zero-order valence-electron chi connectivity index (χ0n) is 9.85. The Bertz CT molecular complexity index is 665. The van der Waals surface area contributed by atoms with Gasteiger partial charge in [-0.15, -0.1) is 0 Å². The van der Waals surface area contributed by atoms with Gasteiger partial charge in [-0.3, -0.25) is 14.3 Å². The van der Waals surface area contributed by atoms with Crippen molar-refractivity contribution in [3.8, 4) is 0 Å². The fourth-order valence-corrected chi connectivity index (χ4v) is 2.20. The van der Waals surface area contributed by atoms with Crippen molar-refractivity contribution in [2.75, 3.05) is 12.3 Å². The van der Waals surface area contributed by atoms with Crippen LogP contribution in [-0.4, -0.2) is 48.5 Å². The van der Waals surface area contributed by atoms with Gasteiger partial charge in [-0.1, -0.05) is 0 Å². The third-order valence-corrected chi connectivity index (χ3v) is 3.15. The second-order valence-electron chi connectivity index (χ2n) is 4.39. The summed E-state index contributed by atoms with van der Waals surface area (Å²) in [4.78, 5) is 22.0. The van der Waals surface area contributed by atoms with Crippen LogP contribution < -0.4 is 11.3 Å². The number of rotatable bonds is 2. The molecule has 0 saturated carbocycles. The smallest absolute Gasteiger partial charge is 0.280 e. The molecule has 5 N–H and O–H groups in total. The maximum Gasteiger partial charge on any atom is 0.280 e. The van der Waals surface area contributed by atoms with Gasteiger partial charge < -0.3 is 20.7 Å². The van der Waals surface area contributed by atoms with Crippen molar-refractivity contribution in [1.82, 2.24) is 19.5 Å². The summed E-state index contributed by atoms with van der Waals surface area (Å²) in [6, 6.07) is 0. The van der Waals surface area contributed by atoms with Crippen molar-refractivity contribution in [1.29, 1.82) is 0 Å². The summed E-state index contributed by atoms with van der Waals surface area (Å²) in [7, 11) is 0. The lowest BCUT2D eigenvalue weighted by Crippen LogP contribution is -2.24. The molecule has 1 saturated heterocycles. The molecule has 0 aromatic carbocycles. The molecule has 1 fully saturated rings. The Morgan fingerprint density at radius 3 is 3.11 bits per heavy atom. The third kappa shape index (κ3) is 1.87. The highest BCUT2D eigenvalue weighted by molar-refractivity contribution is 5.70. The second-order valence-corrected chi connectivity index (χ2v) is 4.39. The third-order valence-electron chi connectivity index (χ3n) is 3.15. The van der Waals surface area contributed by atoms with Crippen LogP contribution in [0.2, 0.25) is 0 Å². The maximum atomic E-state index is 11.6. The summed E-state index contributed by atoms with van der Waals surface area (Å²) in [5.74, 6) is -0.0171. The molecule has 19 heavy (non-hydrogen) atoms. The van der Waals surface area contributed by atoms with Crippen LogP contribution in [0.1, 0.15) is 12.6 Å². The van der Waals surface area contributed by atoms with Gasteiger partial charge in [-0.05, 0) is 0 Å². The van der Waals surface area contributed by atoms with Gasteiger partial charge in [0, 0.05) is 6.42 Å². The van der Waals surface area contributed by atoms with Gasteiger partial charge >= 0.3 is 0 Å². The number of aromatic nitrogens is 4. The molecular formula is C10H13N5O4. The van der Waals surface area contributed by atoms with E-state index in [1.807, 2.05) is 0 Å². The van der Waals surface area contributed by atoms with Crippen molar-refractivity contribution >= 4 is 17.1 Å². The monoisotopic (exact) mass is 267 g/mol. The number of fused-ring (bicyclic) bond motifs is 1. The molecule has 3 atom stereocenters. The SMILES string of the molecule is Nc1nc2c(ncn2[C@H]2CC(O)C(CO)O2)c(=O)[nH]1. The molecule has 1 aliphatic rings. The summed E-state index contributed by atoms with van der Waals surface area (Å²) < 4.78 is 7.01. The zero-order valence-corrected chi connectivity index (χ0v) is 9.85. The maximum absolute atomic E-state index is 11.6. The molecule has 102 valence electrons. The van der Waals surface area contributed by atoms with Crippen LogP contribution in [0.4, 0.5) is 5.95 Å². The number of H-pyrrole nitrogens is 1. The van der Waals surface area contributed by atoms with E-state index in [0.29, 0.717) is 0 Å². The summed E-state index contributed by atoms with van der Waals surface area (Å²) in [6.07, 6.45) is -0.270. The molecule has 0 bridgehead atoms. The number of nitrogen functional groups attached to an aromatic ring is 1. The molecular weight excluding hydrogens is 254 g/mol. The fraction of sp³-hybridized carbons (Fsp3) is 0.500. The van der Waals surface area contributed by atoms with Crippen molar-refractivity contribution in [2.45, 2.75) is 24.9 Å². The highest BCUT2D eigenvalue weighted by atomic mass is 16.5. The Kier molecular flexibility index (Phi) is 2.73. The van der Waals surface area contributed by atoms with Crippen molar-refractivity contribution in [3.63, 3.8) is 0 Å². The first-order valence-electron chi connectivity index (χ1n) is 5.77.